The van der Waals surface area contributed by atoms with Crippen LogP contribution in [0.4, 0.5) is 5.82 Å². The van der Waals surface area contributed by atoms with Gasteiger partial charge in [0.1, 0.15) is 5.82 Å². The summed E-state index contributed by atoms with van der Waals surface area (Å²) in [6.45, 7) is 6.45. The number of allylic oxidation sites excluding steroid dienone is 2. The second-order valence-electron chi connectivity index (χ2n) is 6.69. The zero-order valence-corrected chi connectivity index (χ0v) is 13.7. The van der Waals surface area contributed by atoms with Crippen LogP contribution in [0.2, 0.25) is 0 Å². The normalized spacial score (nSPS) is 23.1. The van der Waals surface area contributed by atoms with Crippen molar-refractivity contribution in [3.63, 3.8) is 0 Å². The largest absolute Gasteiger partial charge is 0.356 e. The van der Waals surface area contributed by atoms with Gasteiger partial charge in [0.15, 0.2) is 5.82 Å². The summed E-state index contributed by atoms with van der Waals surface area (Å²) in [5.41, 5.74) is 3.30. The fourth-order valence-electron chi connectivity index (χ4n) is 3.74. The number of hydrogen-bond acceptors (Lipinski definition) is 4. The maximum atomic E-state index is 4.91. The summed E-state index contributed by atoms with van der Waals surface area (Å²) < 4.78 is 0. The molecule has 3 heterocycles. The van der Waals surface area contributed by atoms with Gasteiger partial charge in [-0.3, -0.25) is 4.98 Å². The van der Waals surface area contributed by atoms with E-state index in [2.05, 4.69) is 40.9 Å². The van der Waals surface area contributed by atoms with Crippen molar-refractivity contribution in [2.75, 3.05) is 18.0 Å². The number of pyridine rings is 1. The lowest BCUT2D eigenvalue weighted by Gasteiger charge is -2.21. The van der Waals surface area contributed by atoms with E-state index in [1.807, 2.05) is 12.1 Å². The zero-order chi connectivity index (χ0) is 15.8. The maximum absolute atomic E-state index is 4.91. The quantitative estimate of drug-likeness (QED) is 0.796. The summed E-state index contributed by atoms with van der Waals surface area (Å²) in [4.78, 5) is 16.2. The number of rotatable bonds is 2. The Kier molecular flexibility index (Phi) is 3.60. The lowest BCUT2D eigenvalue weighted by Crippen LogP contribution is -2.23. The van der Waals surface area contributed by atoms with Crippen LogP contribution in [-0.4, -0.2) is 28.0 Å². The molecular weight excluding hydrogens is 284 g/mol. The van der Waals surface area contributed by atoms with Crippen LogP contribution in [0.5, 0.6) is 0 Å². The van der Waals surface area contributed by atoms with Crippen molar-refractivity contribution in [2.24, 2.45) is 11.8 Å². The van der Waals surface area contributed by atoms with Crippen LogP contribution < -0.4 is 4.90 Å². The molecule has 23 heavy (non-hydrogen) atoms. The highest BCUT2D eigenvalue weighted by molar-refractivity contribution is 5.60. The van der Waals surface area contributed by atoms with Crippen LogP contribution in [0.3, 0.4) is 0 Å². The first-order valence-electron chi connectivity index (χ1n) is 8.38. The number of nitrogens with zero attached hydrogens (tertiary/aromatic N) is 4. The van der Waals surface area contributed by atoms with Gasteiger partial charge < -0.3 is 4.90 Å². The van der Waals surface area contributed by atoms with Gasteiger partial charge in [0.2, 0.25) is 0 Å². The number of aromatic nitrogens is 3. The average Bonchev–Trinajstić information content (AvgIpc) is 3.02. The number of fused-ring (bicyclic) bond motifs is 1. The van der Waals surface area contributed by atoms with E-state index in [9.17, 15) is 0 Å². The third-order valence-corrected chi connectivity index (χ3v) is 5.22. The molecule has 0 spiro atoms. The van der Waals surface area contributed by atoms with Gasteiger partial charge in [-0.2, -0.15) is 0 Å². The number of hydrogen-bond donors (Lipinski definition) is 0. The minimum absolute atomic E-state index is 0.777. The minimum Gasteiger partial charge on any atom is -0.356 e. The van der Waals surface area contributed by atoms with Crippen LogP contribution in [0.15, 0.2) is 36.7 Å². The Hall–Kier alpha value is -2.23. The van der Waals surface area contributed by atoms with Gasteiger partial charge in [-0.25, -0.2) is 9.97 Å². The Labute approximate surface area is 137 Å². The molecule has 2 unspecified atom stereocenters. The van der Waals surface area contributed by atoms with Gasteiger partial charge in [-0.15, -0.1) is 0 Å². The topological polar surface area (TPSA) is 41.9 Å². The third kappa shape index (κ3) is 2.62. The van der Waals surface area contributed by atoms with Crippen LogP contribution in [-0.2, 0) is 0 Å². The molecule has 0 saturated carbocycles. The van der Waals surface area contributed by atoms with Crippen LogP contribution in [0.25, 0.3) is 11.4 Å². The van der Waals surface area contributed by atoms with E-state index in [0.717, 1.165) is 47.8 Å². The molecule has 0 N–H and O–H groups in total. The van der Waals surface area contributed by atoms with Crippen molar-refractivity contribution >= 4 is 5.82 Å². The van der Waals surface area contributed by atoms with Gasteiger partial charge in [-0.1, -0.05) is 12.2 Å². The van der Waals surface area contributed by atoms with Gasteiger partial charge in [-0.05, 0) is 50.7 Å². The predicted octanol–water partition coefficient (Wildman–Crippen LogP) is 3.56. The van der Waals surface area contributed by atoms with E-state index in [4.69, 9.17) is 4.98 Å². The third-order valence-electron chi connectivity index (χ3n) is 5.22. The van der Waals surface area contributed by atoms with Crippen LogP contribution in [0.1, 0.15) is 24.1 Å². The molecule has 0 aromatic carbocycles. The molecule has 0 radical (unpaired) electrons. The van der Waals surface area contributed by atoms with Crippen molar-refractivity contribution in [3.05, 3.63) is 47.9 Å². The smallest absolute Gasteiger partial charge is 0.161 e. The Morgan fingerprint density at radius 1 is 0.957 bits per heavy atom. The van der Waals surface area contributed by atoms with Crippen LogP contribution in [0, 0.1) is 25.7 Å². The second-order valence-corrected chi connectivity index (χ2v) is 6.69. The Morgan fingerprint density at radius 2 is 1.61 bits per heavy atom. The zero-order valence-electron chi connectivity index (χ0n) is 13.7. The first-order valence-corrected chi connectivity index (χ1v) is 8.38. The second kappa shape index (κ2) is 5.76. The highest BCUT2D eigenvalue weighted by Crippen LogP contribution is 2.36. The molecule has 2 aromatic rings. The lowest BCUT2D eigenvalue weighted by molar-refractivity contribution is 0.411. The first-order chi connectivity index (χ1) is 11.2. The van der Waals surface area contributed by atoms with E-state index in [0.29, 0.717) is 0 Å². The Balaban J connectivity index is 1.70. The van der Waals surface area contributed by atoms with Crippen LogP contribution >= 0.6 is 0 Å². The molecule has 1 aliphatic heterocycles. The fourth-order valence-corrected chi connectivity index (χ4v) is 3.74. The molecular formula is C19H22N4. The van der Waals surface area contributed by atoms with Crippen molar-refractivity contribution in [1.29, 1.82) is 0 Å². The van der Waals surface area contributed by atoms with Gasteiger partial charge in [0.05, 0.1) is 0 Å². The summed E-state index contributed by atoms with van der Waals surface area (Å²) in [5, 5.41) is 0. The number of anilines is 1. The van der Waals surface area contributed by atoms with E-state index in [1.54, 1.807) is 12.4 Å². The first kappa shape index (κ1) is 14.4. The van der Waals surface area contributed by atoms with E-state index in [1.165, 1.54) is 18.4 Å². The summed E-state index contributed by atoms with van der Waals surface area (Å²) in [7, 11) is 0. The standard InChI is InChI=1S/C19H22N4/c1-13-14(2)21-18(15-7-9-20-10-8-15)22-19(13)23-11-16-5-3-4-6-17(16)12-23/h3-4,7-10,16-17H,5-6,11-12H2,1-2H3. The highest BCUT2D eigenvalue weighted by Gasteiger charge is 2.34. The van der Waals surface area contributed by atoms with Crippen molar-refractivity contribution < 1.29 is 0 Å². The predicted molar refractivity (Wildman–Crippen MR) is 92.3 cm³/mol. The molecule has 2 aliphatic rings. The number of aryl methyl sites for hydroxylation is 1. The fraction of sp³-hybridized carbons (Fsp3) is 0.421. The maximum Gasteiger partial charge on any atom is 0.161 e. The van der Waals surface area contributed by atoms with Crippen molar-refractivity contribution in [1.82, 2.24) is 15.0 Å². The molecule has 4 nitrogen and oxygen atoms in total. The molecule has 1 aliphatic carbocycles. The van der Waals surface area contributed by atoms with Gasteiger partial charge in [0.25, 0.3) is 0 Å². The molecule has 2 atom stereocenters. The molecule has 118 valence electrons. The molecule has 4 rings (SSSR count). The molecule has 1 fully saturated rings. The molecule has 0 amide bonds. The van der Waals surface area contributed by atoms with Crippen molar-refractivity contribution in [3.8, 4) is 11.4 Å². The van der Waals surface area contributed by atoms with E-state index < -0.39 is 0 Å². The summed E-state index contributed by atoms with van der Waals surface area (Å²) >= 11 is 0. The minimum atomic E-state index is 0.777. The summed E-state index contributed by atoms with van der Waals surface area (Å²) in [5.74, 6) is 3.47. The van der Waals surface area contributed by atoms with Gasteiger partial charge >= 0.3 is 0 Å². The van der Waals surface area contributed by atoms with E-state index >= 15 is 0 Å². The Bertz CT molecular complexity index is 723. The molecule has 4 heteroatoms. The van der Waals surface area contributed by atoms with Gasteiger partial charge in [0, 0.05) is 42.3 Å². The van der Waals surface area contributed by atoms with Crippen molar-refractivity contribution in [2.45, 2.75) is 26.7 Å². The highest BCUT2D eigenvalue weighted by atomic mass is 15.2. The summed E-state index contributed by atoms with van der Waals surface area (Å²) in [6.07, 6.45) is 10.7. The molecule has 0 bridgehead atoms. The SMILES string of the molecule is Cc1nc(-c2ccncc2)nc(N2CC3CC=CCC3C2)c1C. The average molecular weight is 306 g/mol. The molecule has 2 aromatic heterocycles. The Morgan fingerprint density at radius 3 is 2.26 bits per heavy atom. The summed E-state index contributed by atoms with van der Waals surface area (Å²) in [6, 6.07) is 3.95. The molecule has 1 saturated heterocycles. The monoisotopic (exact) mass is 306 g/mol. The van der Waals surface area contributed by atoms with E-state index in [-0.39, 0.29) is 0 Å². The lowest BCUT2D eigenvalue weighted by atomic mass is 9.86.